The number of hydrogen-bond acceptors (Lipinski definition) is 3. The van der Waals surface area contributed by atoms with E-state index in [1.807, 2.05) is 23.9 Å². The van der Waals surface area contributed by atoms with E-state index in [-0.39, 0.29) is 0 Å². The third-order valence-electron chi connectivity index (χ3n) is 3.92. The van der Waals surface area contributed by atoms with E-state index in [0.29, 0.717) is 0 Å². The van der Waals surface area contributed by atoms with Crippen molar-refractivity contribution in [2.75, 3.05) is 11.9 Å². The minimum absolute atomic E-state index is 0.729. The summed E-state index contributed by atoms with van der Waals surface area (Å²) in [6, 6.07) is 10.4. The van der Waals surface area contributed by atoms with Gasteiger partial charge in [0.2, 0.25) is 5.01 Å². The number of allylic oxidation sites excluding steroid dienone is 2. The normalized spacial score (nSPS) is 15.4. The second-order valence-corrected chi connectivity index (χ2v) is 7.05. The highest BCUT2D eigenvalue weighted by Gasteiger charge is 2.18. The molecule has 3 nitrogen and oxygen atoms in total. The molecular weight excluding hydrogens is 326 g/mol. The van der Waals surface area contributed by atoms with Crippen molar-refractivity contribution in [3.8, 4) is 0 Å². The average molecular weight is 341 g/mol. The highest BCUT2D eigenvalue weighted by atomic mass is 35.5. The zero-order valence-corrected chi connectivity index (χ0v) is 14.4. The van der Waals surface area contributed by atoms with Gasteiger partial charge in [-0.05, 0) is 28.8 Å². The number of aromatic nitrogens is 2. The van der Waals surface area contributed by atoms with E-state index >= 15 is 0 Å². The number of aryl methyl sites for hydroxylation is 1. The molecular formula is C18H15ClN3S+. The molecule has 23 heavy (non-hydrogen) atoms. The largest absolute Gasteiger partial charge is 0.351 e. The summed E-state index contributed by atoms with van der Waals surface area (Å²) in [5.74, 6) is 0. The Balaban J connectivity index is 1.85. The third-order valence-corrected chi connectivity index (χ3v) is 5.07. The van der Waals surface area contributed by atoms with Crippen molar-refractivity contribution in [1.82, 2.24) is 4.98 Å². The summed E-state index contributed by atoms with van der Waals surface area (Å²) in [4.78, 5) is 6.87. The summed E-state index contributed by atoms with van der Waals surface area (Å²) in [6.45, 7) is 0. The number of benzene rings is 1. The second kappa shape index (κ2) is 5.48. The van der Waals surface area contributed by atoms with Crippen LogP contribution in [0.3, 0.4) is 0 Å². The predicted molar refractivity (Wildman–Crippen MR) is 97.7 cm³/mol. The first-order valence-electron chi connectivity index (χ1n) is 7.30. The fourth-order valence-electron chi connectivity index (χ4n) is 2.80. The van der Waals surface area contributed by atoms with Gasteiger partial charge in [-0.25, -0.2) is 4.57 Å². The van der Waals surface area contributed by atoms with Gasteiger partial charge < -0.3 is 4.90 Å². The molecule has 3 heterocycles. The number of fused-ring (bicyclic) bond motifs is 2. The molecule has 0 bridgehead atoms. The molecule has 3 aromatic rings. The lowest BCUT2D eigenvalue weighted by Crippen LogP contribution is -2.28. The Morgan fingerprint density at radius 2 is 2.13 bits per heavy atom. The molecule has 2 aromatic heterocycles. The molecule has 0 N–H and O–H groups in total. The Labute approximate surface area is 143 Å². The van der Waals surface area contributed by atoms with E-state index in [4.69, 9.17) is 16.6 Å². The van der Waals surface area contributed by atoms with Crippen LogP contribution in [0.1, 0.15) is 10.6 Å². The number of thiazole rings is 1. The van der Waals surface area contributed by atoms with Gasteiger partial charge in [-0.3, -0.25) is 0 Å². The van der Waals surface area contributed by atoms with Gasteiger partial charge in [-0.1, -0.05) is 41.1 Å². The monoisotopic (exact) mass is 340 g/mol. The van der Waals surface area contributed by atoms with Crippen molar-refractivity contribution < 1.29 is 4.57 Å². The Hall–Kier alpha value is -2.17. The maximum atomic E-state index is 6.13. The Morgan fingerprint density at radius 1 is 1.30 bits per heavy atom. The molecule has 0 saturated heterocycles. The smallest absolute Gasteiger partial charge is 0.342 e. The fraction of sp³-hybridized carbons (Fsp3) is 0.111. The molecule has 0 fully saturated rings. The molecule has 0 spiro atoms. The molecule has 0 atom stereocenters. The van der Waals surface area contributed by atoms with E-state index in [9.17, 15) is 0 Å². The lowest BCUT2D eigenvalue weighted by molar-refractivity contribution is -0.646. The van der Waals surface area contributed by atoms with Gasteiger partial charge in [0.25, 0.3) is 0 Å². The number of nitrogens with zero attached hydrogens (tertiary/aromatic N) is 3. The summed E-state index contributed by atoms with van der Waals surface area (Å²) >= 11 is 7.79. The molecule has 0 unspecified atom stereocenters. The van der Waals surface area contributed by atoms with Crippen LogP contribution < -0.4 is 9.47 Å². The van der Waals surface area contributed by atoms with E-state index in [0.717, 1.165) is 20.4 Å². The number of halogens is 1. The zero-order chi connectivity index (χ0) is 16.0. The number of anilines is 1. The number of rotatable bonds is 1. The highest BCUT2D eigenvalue weighted by molar-refractivity contribution is 7.19. The summed E-state index contributed by atoms with van der Waals surface area (Å²) in [5.41, 5.74) is 4.55. The average Bonchev–Trinajstić information content (AvgIpc) is 2.93. The van der Waals surface area contributed by atoms with Crippen LogP contribution in [0.4, 0.5) is 5.69 Å². The molecule has 0 radical (unpaired) electrons. The van der Waals surface area contributed by atoms with Gasteiger partial charge in [-0.15, -0.1) is 0 Å². The summed E-state index contributed by atoms with van der Waals surface area (Å²) < 4.78 is 3.06. The summed E-state index contributed by atoms with van der Waals surface area (Å²) in [5, 5.41) is 1.71. The first-order chi connectivity index (χ1) is 11.1. The van der Waals surface area contributed by atoms with E-state index in [1.54, 1.807) is 11.3 Å². The predicted octanol–water partition coefficient (Wildman–Crippen LogP) is 4.28. The number of pyridine rings is 1. The summed E-state index contributed by atoms with van der Waals surface area (Å²) in [7, 11) is 4.03. The van der Waals surface area contributed by atoms with Crippen LogP contribution in [0, 0.1) is 0 Å². The minimum atomic E-state index is 0.729. The van der Waals surface area contributed by atoms with Crippen LogP contribution in [0.25, 0.3) is 22.0 Å². The molecule has 0 saturated carbocycles. The molecule has 0 amide bonds. The van der Waals surface area contributed by atoms with Crippen LogP contribution >= 0.6 is 22.9 Å². The van der Waals surface area contributed by atoms with Crippen LogP contribution in [-0.4, -0.2) is 12.0 Å². The van der Waals surface area contributed by atoms with Crippen molar-refractivity contribution in [2.45, 2.75) is 0 Å². The SMILES string of the molecule is CN1C=C/C(=C\c2nc3c(cc(Cl)c[n+]3C)s2)c2ccccc21. The van der Waals surface area contributed by atoms with Gasteiger partial charge in [0.05, 0.1) is 12.1 Å². The lowest BCUT2D eigenvalue weighted by atomic mass is 10.0. The Kier molecular flexibility index (Phi) is 3.43. The van der Waals surface area contributed by atoms with Crippen molar-refractivity contribution in [1.29, 1.82) is 0 Å². The lowest BCUT2D eigenvalue weighted by Gasteiger charge is -2.23. The first kappa shape index (κ1) is 14.4. The van der Waals surface area contributed by atoms with Gasteiger partial charge >= 0.3 is 5.65 Å². The number of para-hydroxylation sites is 1. The highest BCUT2D eigenvalue weighted by Crippen LogP contribution is 2.34. The standard InChI is InChI=1S/C18H15ClN3S/c1-21-8-7-12(14-5-3-4-6-15(14)21)9-17-20-18-16(23-17)10-13(19)11-22(18)2/h3-11H,1-2H3/q+1. The molecule has 114 valence electrons. The van der Waals surface area contributed by atoms with Crippen molar-refractivity contribution in [3.05, 3.63) is 64.4 Å². The van der Waals surface area contributed by atoms with E-state index in [2.05, 4.69) is 54.6 Å². The molecule has 1 aliphatic heterocycles. The topological polar surface area (TPSA) is 20.0 Å². The van der Waals surface area contributed by atoms with Gasteiger partial charge in [0, 0.05) is 30.6 Å². The molecule has 1 aromatic carbocycles. The maximum absolute atomic E-state index is 6.13. The minimum Gasteiger partial charge on any atom is -0.351 e. The fourth-order valence-corrected chi connectivity index (χ4v) is 4.13. The maximum Gasteiger partial charge on any atom is 0.342 e. The van der Waals surface area contributed by atoms with Gasteiger partial charge in [0.15, 0.2) is 0 Å². The van der Waals surface area contributed by atoms with Gasteiger partial charge in [0.1, 0.15) is 10.9 Å². The van der Waals surface area contributed by atoms with Crippen molar-refractivity contribution in [2.24, 2.45) is 7.05 Å². The molecule has 1 aliphatic rings. The number of hydrogen-bond donors (Lipinski definition) is 0. The first-order valence-corrected chi connectivity index (χ1v) is 8.49. The second-order valence-electron chi connectivity index (χ2n) is 5.55. The zero-order valence-electron chi connectivity index (χ0n) is 12.8. The van der Waals surface area contributed by atoms with E-state index in [1.165, 1.54) is 16.8 Å². The molecule has 5 heteroatoms. The molecule has 0 aliphatic carbocycles. The quantitative estimate of drug-likeness (QED) is 0.616. The van der Waals surface area contributed by atoms with Gasteiger partial charge in [-0.2, -0.15) is 0 Å². The summed E-state index contributed by atoms with van der Waals surface area (Å²) in [6.07, 6.45) is 8.23. The van der Waals surface area contributed by atoms with Crippen LogP contribution in [0.5, 0.6) is 0 Å². The molecule has 4 rings (SSSR count). The van der Waals surface area contributed by atoms with Crippen molar-refractivity contribution >= 4 is 50.6 Å². The van der Waals surface area contributed by atoms with E-state index < -0.39 is 0 Å². The van der Waals surface area contributed by atoms with Crippen molar-refractivity contribution in [3.63, 3.8) is 0 Å². The Bertz CT molecular complexity index is 972. The Morgan fingerprint density at radius 3 is 3.00 bits per heavy atom. The third kappa shape index (κ3) is 2.54. The van der Waals surface area contributed by atoms with Crippen LogP contribution in [0.15, 0.2) is 48.8 Å². The van der Waals surface area contributed by atoms with Crippen LogP contribution in [-0.2, 0) is 7.05 Å². The van der Waals surface area contributed by atoms with Crippen LogP contribution in [0.2, 0.25) is 5.02 Å².